The number of aromatic nitrogens is 10. The van der Waals surface area contributed by atoms with Crippen LogP contribution in [0.15, 0.2) is 171 Å². The molecule has 6 aromatic heterocycles. The predicted octanol–water partition coefficient (Wildman–Crippen LogP) is 12.1. The van der Waals surface area contributed by atoms with Gasteiger partial charge in [-0.05, 0) is 147 Å². The number of amides is 1. The van der Waals surface area contributed by atoms with Gasteiger partial charge in [-0.25, -0.2) is 34.7 Å². The number of benzene rings is 4. The molecule has 0 radical (unpaired) electrons. The molecule has 15 nitrogen and oxygen atoms in total. The maximum absolute atomic E-state index is 13.6. The summed E-state index contributed by atoms with van der Waals surface area (Å²) in [7, 11) is 0. The zero-order valence-corrected chi connectivity index (χ0v) is 42.7. The number of nitrogens with one attached hydrogen (secondary N) is 1. The summed E-state index contributed by atoms with van der Waals surface area (Å²) in [6, 6.07) is 28.2. The van der Waals surface area contributed by atoms with Gasteiger partial charge in [-0.1, -0.05) is 12.1 Å². The predicted molar refractivity (Wildman–Crippen MR) is 284 cm³/mol. The summed E-state index contributed by atoms with van der Waals surface area (Å²) in [6.45, 7) is 7.36. The van der Waals surface area contributed by atoms with Crippen LogP contribution in [0.2, 0.25) is 0 Å². The molecule has 0 aliphatic rings. The molecule has 0 spiro atoms. The third kappa shape index (κ3) is 14.7. The van der Waals surface area contributed by atoms with Crippen LogP contribution in [0.1, 0.15) is 77.1 Å². The van der Waals surface area contributed by atoms with Crippen molar-refractivity contribution >= 4 is 23.3 Å². The highest BCUT2D eigenvalue weighted by molar-refractivity contribution is 6.04. The SMILES string of the molecule is Cc1ccc(C(=O)O)cc1Cc1nccc(-c2cccnc2)n1.Cc1cn(-c2cc(N)cc(C(F)(F)F)c2)cn1.Cc1cn(-c2cc(NC(=O)c3ccc(C)c(Cc4nccc(-c5cccnc5)n4)c3)cc(C(F)(F)F)c2)cn1. The molecule has 6 heterocycles. The number of hydrogen-bond donors (Lipinski definition) is 3. The number of alkyl halides is 6. The molecule has 0 atom stereocenters. The van der Waals surface area contributed by atoms with E-state index in [9.17, 15) is 35.9 Å². The minimum absolute atomic E-state index is 0.0193. The molecule has 0 saturated carbocycles. The van der Waals surface area contributed by atoms with E-state index in [-0.39, 0.29) is 22.6 Å². The molecule has 0 saturated heterocycles. The molecule has 79 heavy (non-hydrogen) atoms. The van der Waals surface area contributed by atoms with E-state index in [4.69, 9.17) is 10.8 Å². The summed E-state index contributed by atoms with van der Waals surface area (Å²) in [4.78, 5) is 58.4. The van der Waals surface area contributed by atoms with Gasteiger partial charge in [0.05, 0.1) is 52.1 Å². The van der Waals surface area contributed by atoms with Crippen molar-refractivity contribution in [3.05, 3.63) is 239 Å². The Balaban J connectivity index is 0.000000173. The van der Waals surface area contributed by atoms with Crippen LogP contribution in [-0.4, -0.2) is 66.0 Å². The zero-order valence-electron chi connectivity index (χ0n) is 42.7. The fourth-order valence-corrected chi connectivity index (χ4v) is 7.93. The van der Waals surface area contributed by atoms with Crippen molar-refractivity contribution in [1.29, 1.82) is 0 Å². The second-order valence-electron chi connectivity index (χ2n) is 18.0. The number of halogens is 6. The summed E-state index contributed by atoms with van der Waals surface area (Å²) in [5.74, 6) is -0.253. The summed E-state index contributed by atoms with van der Waals surface area (Å²) in [6.07, 6.45) is 8.23. The number of imidazole rings is 2. The summed E-state index contributed by atoms with van der Waals surface area (Å²) in [5, 5.41) is 11.7. The molecule has 0 aliphatic carbocycles. The summed E-state index contributed by atoms with van der Waals surface area (Å²) < 4.78 is 81.6. The van der Waals surface area contributed by atoms with E-state index < -0.39 is 35.4 Å². The number of nitrogen functional groups attached to an aromatic ring is 1. The van der Waals surface area contributed by atoms with Gasteiger partial charge in [0.25, 0.3) is 5.91 Å². The lowest BCUT2D eigenvalue weighted by molar-refractivity contribution is -0.138. The first-order chi connectivity index (χ1) is 37.6. The van der Waals surface area contributed by atoms with Crippen molar-refractivity contribution in [2.75, 3.05) is 11.1 Å². The molecule has 10 rings (SSSR count). The highest BCUT2D eigenvalue weighted by Crippen LogP contribution is 2.34. The van der Waals surface area contributed by atoms with E-state index in [1.54, 1.807) is 99.8 Å². The summed E-state index contributed by atoms with van der Waals surface area (Å²) in [5.41, 5.74) is 13.4. The number of carboxylic acids is 1. The Hall–Kier alpha value is -9.92. The summed E-state index contributed by atoms with van der Waals surface area (Å²) >= 11 is 0. The highest BCUT2D eigenvalue weighted by atomic mass is 19.4. The average Bonchev–Trinajstić information content (AvgIpc) is 4.12. The number of pyridine rings is 2. The number of nitrogens with two attached hydrogens (primary N) is 1. The number of aromatic carboxylic acids is 1. The van der Waals surface area contributed by atoms with Gasteiger partial charge in [-0.15, -0.1) is 0 Å². The number of carbonyl (C=O) groups is 2. The van der Waals surface area contributed by atoms with E-state index in [0.717, 1.165) is 74.7 Å². The van der Waals surface area contributed by atoms with Gasteiger partial charge in [0.15, 0.2) is 0 Å². The van der Waals surface area contributed by atoms with Gasteiger partial charge >= 0.3 is 18.3 Å². The van der Waals surface area contributed by atoms with Crippen LogP contribution in [0.5, 0.6) is 0 Å². The zero-order chi connectivity index (χ0) is 56.4. The van der Waals surface area contributed by atoms with Crippen molar-refractivity contribution in [2.45, 2.75) is 52.9 Å². The molecule has 4 aromatic carbocycles. The van der Waals surface area contributed by atoms with Crippen molar-refractivity contribution < 1.29 is 41.0 Å². The first-order valence-electron chi connectivity index (χ1n) is 24.1. The lowest BCUT2D eigenvalue weighted by atomic mass is 10.0. The quantitative estimate of drug-likeness (QED) is 0.0817. The van der Waals surface area contributed by atoms with Crippen molar-refractivity contribution in [2.24, 2.45) is 0 Å². The van der Waals surface area contributed by atoms with Gasteiger partial charge < -0.3 is 25.3 Å². The Morgan fingerprint density at radius 2 is 1.05 bits per heavy atom. The topological polar surface area (TPSA) is 205 Å². The lowest BCUT2D eigenvalue weighted by Gasteiger charge is -2.14. The molecule has 400 valence electrons. The first kappa shape index (κ1) is 55.3. The number of aryl methyl sites for hydroxylation is 4. The van der Waals surface area contributed by atoms with E-state index >= 15 is 0 Å². The Labute approximate surface area is 448 Å². The minimum Gasteiger partial charge on any atom is -0.478 e. The average molecular weight is 1080 g/mol. The van der Waals surface area contributed by atoms with E-state index in [1.807, 2.05) is 50.2 Å². The fourth-order valence-electron chi connectivity index (χ4n) is 7.93. The second-order valence-corrected chi connectivity index (χ2v) is 18.0. The smallest absolute Gasteiger partial charge is 0.416 e. The second kappa shape index (κ2) is 24.0. The van der Waals surface area contributed by atoms with Gasteiger partial charge in [-0.3, -0.25) is 14.8 Å². The monoisotopic (exact) mass is 1070 g/mol. The number of nitrogens with zero attached hydrogens (tertiary/aromatic N) is 10. The van der Waals surface area contributed by atoms with E-state index in [1.165, 1.54) is 33.9 Å². The van der Waals surface area contributed by atoms with Gasteiger partial charge in [0, 0.05) is 102 Å². The van der Waals surface area contributed by atoms with Crippen LogP contribution in [0.25, 0.3) is 33.9 Å². The van der Waals surface area contributed by atoms with Crippen LogP contribution < -0.4 is 11.1 Å². The Morgan fingerprint density at radius 3 is 1.51 bits per heavy atom. The van der Waals surface area contributed by atoms with Crippen LogP contribution in [0.4, 0.5) is 37.7 Å². The van der Waals surface area contributed by atoms with Gasteiger partial charge in [0.2, 0.25) is 0 Å². The molecule has 0 unspecified atom stereocenters. The molecular weight excluding hydrogens is 1030 g/mol. The molecule has 1 amide bonds. The molecule has 4 N–H and O–H groups in total. The molecule has 0 fully saturated rings. The number of anilines is 2. The molecule has 0 bridgehead atoms. The molecular formula is C58H48F6N12O3. The minimum atomic E-state index is -4.59. The first-order valence-corrected chi connectivity index (χ1v) is 24.1. The van der Waals surface area contributed by atoms with Gasteiger partial charge in [0.1, 0.15) is 11.6 Å². The van der Waals surface area contributed by atoms with E-state index in [2.05, 4.69) is 45.2 Å². The van der Waals surface area contributed by atoms with Crippen LogP contribution in [0, 0.1) is 27.7 Å². The number of hydrogen-bond acceptors (Lipinski definition) is 11. The Bertz CT molecular complexity index is 3770. The highest BCUT2D eigenvalue weighted by Gasteiger charge is 2.32. The van der Waals surface area contributed by atoms with Crippen molar-refractivity contribution in [3.63, 3.8) is 0 Å². The van der Waals surface area contributed by atoms with E-state index in [0.29, 0.717) is 41.4 Å². The Morgan fingerprint density at radius 1 is 0.570 bits per heavy atom. The fraction of sp³-hybridized carbons (Fsp3) is 0.138. The Kier molecular flexibility index (Phi) is 16.8. The normalized spacial score (nSPS) is 11.2. The van der Waals surface area contributed by atoms with Crippen LogP contribution in [0.3, 0.4) is 0 Å². The maximum atomic E-state index is 13.6. The van der Waals surface area contributed by atoms with Crippen molar-refractivity contribution in [3.8, 4) is 33.9 Å². The third-order valence-electron chi connectivity index (χ3n) is 12.0. The van der Waals surface area contributed by atoms with Crippen LogP contribution in [-0.2, 0) is 25.2 Å². The standard InChI is InChI=1S/C29H23F3N6O.C18H15N3O2.C11H10F3N3/c1-18-5-6-20(10-22(18)11-27-34-9-7-26(37-27)21-4-3-8-33-15-21)28(39)36-24-12-23(29(30,31)32)13-25(14-24)38-16-19(2)35-17-38;1-12-4-5-13(18(22)23)9-15(12)10-17-20-8-6-16(21-17)14-3-2-7-19-11-14;1-7-5-17(6-16-7)10-3-8(11(12,13)14)2-9(15)4-10/h3-10,12-17H,11H2,1-2H3,(H,36,39);2-9,11H,10H2,1H3,(H,22,23);2-6H,15H2,1H3. The molecule has 21 heteroatoms. The number of rotatable bonds is 11. The maximum Gasteiger partial charge on any atom is 0.416 e. The molecule has 10 aromatic rings. The molecule has 0 aliphatic heterocycles. The third-order valence-corrected chi connectivity index (χ3v) is 12.0. The number of carboxylic acid groups (broad SMARTS) is 1. The van der Waals surface area contributed by atoms with Crippen molar-refractivity contribution in [1.82, 2.24) is 49.0 Å². The van der Waals surface area contributed by atoms with Crippen LogP contribution >= 0.6 is 0 Å². The number of carbonyl (C=O) groups excluding carboxylic acids is 1. The van der Waals surface area contributed by atoms with Gasteiger partial charge in [-0.2, -0.15) is 26.3 Å². The largest absolute Gasteiger partial charge is 0.478 e. The lowest BCUT2D eigenvalue weighted by Crippen LogP contribution is -2.14.